The van der Waals surface area contributed by atoms with Crippen LogP contribution in [0.2, 0.25) is 0 Å². The van der Waals surface area contributed by atoms with Crippen LogP contribution in [-0.2, 0) is 11.8 Å². The average molecular weight is 276 g/mol. The van der Waals surface area contributed by atoms with Crippen molar-refractivity contribution < 1.29 is 14.7 Å². The Bertz CT molecular complexity index is 537. The number of rotatable bonds is 2. The molecule has 1 saturated heterocycles. The van der Waals surface area contributed by atoms with Gasteiger partial charge in [-0.3, -0.25) is 4.79 Å². The predicted molar refractivity (Wildman–Crippen MR) is 73.4 cm³/mol. The first-order valence-electron chi connectivity index (χ1n) is 7.26. The van der Waals surface area contributed by atoms with Crippen molar-refractivity contribution in [2.75, 3.05) is 0 Å². The number of aromatic nitrogens is 1. The maximum atomic E-state index is 12.7. The molecule has 3 rings (SSSR count). The summed E-state index contributed by atoms with van der Waals surface area (Å²) in [5.41, 5.74) is 0.572. The van der Waals surface area contributed by atoms with E-state index in [-0.39, 0.29) is 11.9 Å². The van der Waals surface area contributed by atoms with Crippen molar-refractivity contribution in [2.24, 2.45) is 13.0 Å². The molecule has 3 atom stereocenters. The molecule has 0 spiro atoms. The molecule has 0 bridgehead atoms. The zero-order valence-electron chi connectivity index (χ0n) is 11.7. The van der Waals surface area contributed by atoms with Gasteiger partial charge in [0.2, 0.25) is 0 Å². The second kappa shape index (κ2) is 4.96. The maximum Gasteiger partial charge on any atom is 0.326 e. The van der Waals surface area contributed by atoms with Crippen LogP contribution in [0.1, 0.15) is 42.6 Å². The third-order valence-corrected chi connectivity index (χ3v) is 4.77. The Kier molecular flexibility index (Phi) is 3.28. The summed E-state index contributed by atoms with van der Waals surface area (Å²) >= 11 is 0. The molecule has 20 heavy (non-hydrogen) atoms. The number of aryl methyl sites for hydroxylation is 1. The van der Waals surface area contributed by atoms with Crippen molar-refractivity contribution in [2.45, 2.75) is 44.2 Å². The van der Waals surface area contributed by atoms with Gasteiger partial charge in [-0.2, -0.15) is 0 Å². The molecule has 108 valence electrons. The molecule has 1 amide bonds. The van der Waals surface area contributed by atoms with Gasteiger partial charge < -0.3 is 14.6 Å². The lowest BCUT2D eigenvalue weighted by atomic mass is 9.84. The molecule has 1 aromatic heterocycles. The lowest BCUT2D eigenvalue weighted by Gasteiger charge is -2.33. The molecule has 0 aromatic carbocycles. The van der Waals surface area contributed by atoms with Crippen molar-refractivity contribution in [3.05, 3.63) is 24.0 Å². The largest absolute Gasteiger partial charge is 0.480 e. The van der Waals surface area contributed by atoms with Crippen LogP contribution in [0.3, 0.4) is 0 Å². The van der Waals surface area contributed by atoms with E-state index in [1.54, 1.807) is 15.5 Å². The third-order valence-electron chi connectivity index (χ3n) is 4.77. The van der Waals surface area contributed by atoms with Crippen LogP contribution >= 0.6 is 0 Å². The summed E-state index contributed by atoms with van der Waals surface area (Å²) in [6, 6.07) is 3.02. The Labute approximate surface area is 118 Å². The Morgan fingerprint density at radius 1 is 1.30 bits per heavy atom. The van der Waals surface area contributed by atoms with E-state index < -0.39 is 12.0 Å². The Balaban J connectivity index is 1.93. The number of hydrogen-bond donors (Lipinski definition) is 1. The average Bonchev–Trinajstić information content (AvgIpc) is 3.01. The third kappa shape index (κ3) is 2.01. The molecule has 0 radical (unpaired) electrons. The van der Waals surface area contributed by atoms with E-state index >= 15 is 0 Å². The summed E-state index contributed by atoms with van der Waals surface area (Å²) in [5, 5.41) is 9.45. The van der Waals surface area contributed by atoms with Gasteiger partial charge in [0, 0.05) is 19.3 Å². The van der Waals surface area contributed by atoms with Crippen molar-refractivity contribution in [3.63, 3.8) is 0 Å². The van der Waals surface area contributed by atoms with E-state index in [4.69, 9.17) is 0 Å². The van der Waals surface area contributed by atoms with Crippen molar-refractivity contribution in [3.8, 4) is 0 Å². The fourth-order valence-corrected chi connectivity index (χ4v) is 3.79. The van der Waals surface area contributed by atoms with Gasteiger partial charge in [-0.05, 0) is 37.3 Å². The highest BCUT2D eigenvalue weighted by Crippen LogP contribution is 2.40. The Morgan fingerprint density at radius 3 is 2.70 bits per heavy atom. The van der Waals surface area contributed by atoms with E-state index in [2.05, 4.69) is 0 Å². The number of likely N-dealkylation sites (tertiary alicyclic amines) is 1. The van der Waals surface area contributed by atoms with Gasteiger partial charge in [0.1, 0.15) is 11.7 Å². The Hall–Kier alpha value is -1.78. The second-order valence-corrected chi connectivity index (χ2v) is 5.92. The lowest BCUT2D eigenvalue weighted by Crippen LogP contribution is -2.46. The number of amides is 1. The molecule has 2 aliphatic rings. The first kappa shape index (κ1) is 13.2. The molecule has 2 heterocycles. The standard InChI is InChI=1S/C15H20N2O3/c1-16-8-4-7-12(16)14(18)17-11-6-3-2-5-10(11)9-13(17)15(19)20/h4,7-8,10-11,13H,2-3,5-6,9H2,1H3,(H,19,20)/t10-,11-,13-/m0/s1. The van der Waals surface area contributed by atoms with E-state index in [9.17, 15) is 14.7 Å². The molecule has 5 nitrogen and oxygen atoms in total. The minimum atomic E-state index is -0.873. The highest BCUT2D eigenvalue weighted by Gasteiger charge is 2.47. The normalized spacial score (nSPS) is 29.2. The zero-order chi connectivity index (χ0) is 14.3. The molecule has 0 unspecified atom stereocenters. The highest BCUT2D eigenvalue weighted by molar-refractivity contribution is 5.96. The van der Waals surface area contributed by atoms with Gasteiger partial charge in [-0.1, -0.05) is 12.8 Å². The molecule has 1 aromatic rings. The highest BCUT2D eigenvalue weighted by atomic mass is 16.4. The molecule has 1 N–H and O–H groups in total. The van der Waals surface area contributed by atoms with Crippen LogP contribution in [0.5, 0.6) is 0 Å². The number of carboxylic acids is 1. The van der Waals surface area contributed by atoms with Crippen molar-refractivity contribution in [1.29, 1.82) is 0 Å². The molecule has 1 aliphatic heterocycles. The van der Waals surface area contributed by atoms with Gasteiger partial charge in [-0.25, -0.2) is 4.79 Å². The SMILES string of the molecule is Cn1cccc1C(=O)N1[C@H](C(=O)O)C[C@@H]2CCCC[C@@H]21. The summed E-state index contributed by atoms with van der Waals surface area (Å²) in [6.45, 7) is 0. The van der Waals surface area contributed by atoms with E-state index in [1.165, 1.54) is 0 Å². The summed E-state index contributed by atoms with van der Waals surface area (Å²) in [4.78, 5) is 25.9. The van der Waals surface area contributed by atoms with Gasteiger partial charge in [0.15, 0.2) is 0 Å². The summed E-state index contributed by atoms with van der Waals surface area (Å²) in [6.07, 6.45) is 6.65. The van der Waals surface area contributed by atoms with E-state index in [1.807, 2.05) is 19.3 Å². The number of hydrogen-bond acceptors (Lipinski definition) is 2. The van der Waals surface area contributed by atoms with Gasteiger partial charge in [0.05, 0.1) is 0 Å². The molecule has 1 aliphatic carbocycles. The van der Waals surface area contributed by atoms with E-state index in [0.29, 0.717) is 18.0 Å². The first-order valence-corrected chi connectivity index (χ1v) is 7.26. The van der Waals surface area contributed by atoms with Gasteiger partial charge in [-0.15, -0.1) is 0 Å². The van der Waals surface area contributed by atoms with Crippen LogP contribution in [0.15, 0.2) is 18.3 Å². The minimum Gasteiger partial charge on any atom is -0.480 e. The molecule has 5 heteroatoms. The number of aliphatic carboxylic acids is 1. The first-order chi connectivity index (χ1) is 9.59. The molecular formula is C15H20N2O3. The number of carbonyl (C=O) groups is 2. The van der Waals surface area contributed by atoms with Crippen molar-refractivity contribution >= 4 is 11.9 Å². The number of carbonyl (C=O) groups excluding carboxylic acids is 1. The second-order valence-electron chi connectivity index (χ2n) is 5.92. The predicted octanol–water partition coefficient (Wildman–Crippen LogP) is 1.88. The maximum absolute atomic E-state index is 12.7. The van der Waals surface area contributed by atoms with Crippen LogP contribution in [0.4, 0.5) is 0 Å². The van der Waals surface area contributed by atoms with Crippen LogP contribution in [0.25, 0.3) is 0 Å². The van der Waals surface area contributed by atoms with Crippen LogP contribution in [0, 0.1) is 5.92 Å². The summed E-state index contributed by atoms with van der Waals surface area (Å²) in [7, 11) is 1.82. The fourth-order valence-electron chi connectivity index (χ4n) is 3.79. The van der Waals surface area contributed by atoms with Crippen LogP contribution < -0.4 is 0 Å². The van der Waals surface area contributed by atoms with Gasteiger partial charge >= 0.3 is 5.97 Å². The molecule has 2 fully saturated rings. The number of nitrogens with zero attached hydrogens (tertiary/aromatic N) is 2. The quantitative estimate of drug-likeness (QED) is 0.897. The topological polar surface area (TPSA) is 62.5 Å². The summed E-state index contributed by atoms with van der Waals surface area (Å²) in [5.74, 6) is -0.657. The minimum absolute atomic E-state index is 0.104. The Morgan fingerprint density at radius 2 is 2.05 bits per heavy atom. The van der Waals surface area contributed by atoms with Crippen molar-refractivity contribution in [1.82, 2.24) is 9.47 Å². The smallest absolute Gasteiger partial charge is 0.326 e. The molecular weight excluding hydrogens is 256 g/mol. The van der Waals surface area contributed by atoms with Crippen LogP contribution in [-0.4, -0.2) is 38.5 Å². The monoisotopic (exact) mass is 276 g/mol. The van der Waals surface area contributed by atoms with Gasteiger partial charge in [0.25, 0.3) is 5.91 Å². The summed E-state index contributed by atoms with van der Waals surface area (Å²) < 4.78 is 1.76. The fraction of sp³-hybridized carbons (Fsp3) is 0.600. The zero-order valence-corrected chi connectivity index (χ0v) is 11.7. The number of fused-ring (bicyclic) bond motifs is 1. The molecule has 1 saturated carbocycles. The lowest BCUT2D eigenvalue weighted by molar-refractivity contribution is -0.141. The van der Waals surface area contributed by atoms with E-state index in [0.717, 1.165) is 25.7 Å². The number of carboxylic acid groups (broad SMARTS) is 1.